The van der Waals surface area contributed by atoms with Crippen molar-refractivity contribution in [3.05, 3.63) is 17.8 Å². The predicted molar refractivity (Wildman–Crippen MR) is 62.1 cm³/mol. The van der Waals surface area contributed by atoms with Crippen LogP contribution in [0.5, 0.6) is 5.75 Å². The molecule has 2 heterocycles. The zero-order valence-corrected chi connectivity index (χ0v) is 10.7. The summed E-state index contributed by atoms with van der Waals surface area (Å²) in [6, 6.07) is 1.57. The number of fused-ring (bicyclic) bond motifs is 1. The highest BCUT2D eigenvalue weighted by atomic mass is 19.4. The molecule has 0 aliphatic carbocycles. The summed E-state index contributed by atoms with van der Waals surface area (Å²) in [5.41, 5.74) is -0.593. The van der Waals surface area contributed by atoms with E-state index >= 15 is 0 Å². The first-order valence-corrected chi connectivity index (χ1v) is 5.64. The maximum Gasteiger partial charge on any atom is 0.406 e. The van der Waals surface area contributed by atoms with E-state index in [2.05, 4.69) is 4.98 Å². The number of carbonyl (C=O) groups excluding carboxylic acids is 1. The van der Waals surface area contributed by atoms with Crippen LogP contribution in [0, 0.1) is 6.92 Å². The number of rotatable bonds is 1. The topological polar surface area (TPSA) is 42.4 Å². The smallest absolute Gasteiger partial charge is 0.406 e. The molecule has 0 atom stereocenters. The number of pyridine rings is 1. The summed E-state index contributed by atoms with van der Waals surface area (Å²) >= 11 is 0. The summed E-state index contributed by atoms with van der Waals surface area (Å²) in [6.45, 7) is 3.24. The number of anilines is 1. The van der Waals surface area contributed by atoms with Crippen molar-refractivity contribution in [2.24, 2.45) is 0 Å². The van der Waals surface area contributed by atoms with E-state index in [9.17, 15) is 18.0 Å². The molecule has 1 aromatic heterocycles. The third-order valence-electron chi connectivity index (χ3n) is 2.69. The fraction of sp³-hybridized carbons (Fsp3) is 0.500. The Balaban J connectivity index is 2.50. The molecule has 0 fully saturated rings. The number of hydrogen-bond acceptors (Lipinski definition) is 3. The van der Waals surface area contributed by atoms with Crippen LogP contribution >= 0.6 is 0 Å². The number of alkyl halides is 3. The average molecular weight is 274 g/mol. The molecule has 1 aliphatic heterocycles. The van der Waals surface area contributed by atoms with Gasteiger partial charge < -0.3 is 4.74 Å². The standard InChI is InChI=1S/C12H13F3N2O2/c1-7-4-8-9(16-5-7)17(6-12(13,14)15)10(18)11(2,3)19-8/h4-5H,6H2,1-3H3. The second-order valence-corrected chi connectivity index (χ2v) is 4.95. The molecule has 104 valence electrons. The fourth-order valence-electron chi connectivity index (χ4n) is 1.88. The molecule has 4 nitrogen and oxygen atoms in total. The Kier molecular flexibility index (Phi) is 2.95. The van der Waals surface area contributed by atoms with Crippen molar-refractivity contribution in [3.8, 4) is 5.75 Å². The van der Waals surface area contributed by atoms with Gasteiger partial charge in [-0.15, -0.1) is 0 Å². The van der Waals surface area contributed by atoms with E-state index in [1.165, 1.54) is 20.0 Å². The monoisotopic (exact) mass is 274 g/mol. The maximum absolute atomic E-state index is 12.6. The highest BCUT2D eigenvalue weighted by Gasteiger charge is 2.45. The van der Waals surface area contributed by atoms with Crippen molar-refractivity contribution in [1.29, 1.82) is 0 Å². The van der Waals surface area contributed by atoms with Crippen molar-refractivity contribution in [2.45, 2.75) is 32.5 Å². The first kappa shape index (κ1) is 13.6. The van der Waals surface area contributed by atoms with Gasteiger partial charge in [0.2, 0.25) is 0 Å². The van der Waals surface area contributed by atoms with E-state index in [0.29, 0.717) is 4.90 Å². The molecule has 19 heavy (non-hydrogen) atoms. The van der Waals surface area contributed by atoms with Crippen molar-refractivity contribution in [1.82, 2.24) is 4.98 Å². The Labute approximate surface area is 108 Å². The lowest BCUT2D eigenvalue weighted by Crippen LogP contribution is -2.55. The zero-order valence-electron chi connectivity index (χ0n) is 10.7. The maximum atomic E-state index is 12.6. The number of aromatic nitrogens is 1. The molecule has 0 aromatic carbocycles. The lowest BCUT2D eigenvalue weighted by atomic mass is 10.1. The Morgan fingerprint density at radius 2 is 2.05 bits per heavy atom. The number of aryl methyl sites for hydroxylation is 1. The third-order valence-corrected chi connectivity index (χ3v) is 2.69. The quantitative estimate of drug-likeness (QED) is 0.790. The van der Waals surface area contributed by atoms with Gasteiger partial charge in [-0.2, -0.15) is 13.2 Å². The molecular formula is C12H13F3N2O2. The van der Waals surface area contributed by atoms with Gasteiger partial charge in [0.05, 0.1) is 0 Å². The average Bonchev–Trinajstić information content (AvgIpc) is 2.22. The molecule has 7 heteroatoms. The van der Waals surface area contributed by atoms with Crippen molar-refractivity contribution in [3.63, 3.8) is 0 Å². The van der Waals surface area contributed by atoms with Crippen LogP contribution in [0.2, 0.25) is 0 Å². The van der Waals surface area contributed by atoms with E-state index in [1.54, 1.807) is 13.0 Å². The molecular weight excluding hydrogens is 261 g/mol. The molecule has 0 spiro atoms. The molecule has 0 saturated carbocycles. The number of hydrogen-bond donors (Lipinski definition) is 0. The number of nitrogens with zero attached hydrogens (tertiary/aromatic N) is 2. The Morgan fingerprint density at radius 3 is 2.63 bits per heavy atom. The van der Waals surface area contributed by atoms with Crippen molar-refractivity contribution >= 4 is 11.7 Å². The lowest BCUT2D eigenvalue weighted by molar-refractivity contribution is -0.142. The molecule has 1 amide bonds. The summed E-state index contributed by atoms with van der Waals surface area (Å²) in [7, 11) is 0. The van der Waals surface area contributed by atoms with E-state index in [0.717, 1.165) is 5.56 Å². The first-order valence-electron chi connectivity index (χ1n) is 5.64. The van der Waals surface area contributed by atoms with Crippen LogP contribution in [-0.2, 0) is 4.79 Å². The largest absolute Gasteiger partial charge is 0.474 e. The van der Waals surface area contributed by atoms with Crippen molar-refractivity contribution < 1.29 is 22.7 Å². The summed E-state index contributed by atoms with van der Waals surface area (Å²) in [6.07, 6.45) is -3.09. The summed E-state index contributed by atoms with van der Waals surface area (Å²) in [5.74, 6) is -0.658. The molecule has 0 saturated heterocycles. The van der Waals surface area contributed by atoms with Gasteiger partial charge in [0.25, 0.3) is 5.91 Å². The van der Waals surface area contributed by atoms with E-state index in [4.69, 9.17) is 4.74 Å². The SMILES string of the molecule is Cc1cnc2c(c1)OC(C)(C)C(=O)N2CC(F)(F)F. The van der Waals surface area contributed by atoms with Crippen LogP contribution in [0.3, 0.4) is 0 Å². The van der Waals surface area contributed by atoms with E-state index < -0.39 is 24.2 Å². The second kappa shape index (κ2) is 4.11. The molecule has 0 N–H and O–H groups in total. The van der Waals surface area contributed by atoms with E-state index in [1.807, 2.05) is 0 Å². The van der Waals surface area contributed by atoms with Crippen LogP contribution in [-0.4, -0.2) is 29.2 Å². The van der Waals surface area contributed by atoms with Gasteiger partial charge in [0, 0.05) is 6.20 Å². The van der Waals surface area contributed by atoms with Gasteiger partial charge in [-0.25, -0.2) is 4.98 Å². The Hall–Kier alpha value is -1.79. The molecule has 2 rings (SSSR count). The number of halogens is 3. The third kappa shape index (κ3) is 2.64. The molecule has 1 aromatic rings. The normalized spacial score (nSPS) is 18.0. The molecule has 0 unspecified atom stereocenters. The predicted octanol–water partition coefficient (Wildman–Crippen LogP) is 2.46. The van der Waals surface area contributed by atoms with Gasteiger partial charge >= 0.3 is 6.18 Å². The number of ether oxygens (including phenoxy) is 1. The van der Waals surface area contributed by atoms with Crippen LogP contribution in [0.25, 0.3) is 0 Å². The first-order chi connectivity index (χ1) is 8.60. The number of carbonyl (C=O) groups is 1. The van der Waals surface area contributed by atoms with Crippen LogP contribution in [0.1, 0.15) is 19.4 Å². The highest BCUT2D eigenvalue weighted by molar-refractivity contribution is 6.01. The van der Waals surface area contributed by atoms with Gasteiger partial charge in [0.1, 0.15) is 6.54 Å². The Morgan fingerprint density at radius 1 is 1.42 bits per heavy atom. The summed E-state index contributed by atoms with van der Waals surface area (Å²) in [4.78, 5) is 16.5. The van der Waals surface area contributed by atoms with Crippen LogP contribution in [0.4, 0.5) is 19.0 Å². The van der Waals surface area contributed by atoms with E-state index in [-0.39, 0.29) is 11.6 Å². The van der Waals surface area contributed by atoms with Gasteiger partial charge in [-0.3, -0.25) is 9.69 Å². The van der Waals surface area contributed by atoms with Gasteiger partial charge in [0.15, 0.2) is 17.2 Å². The minimum atomic E-state index is -4.49. The van der Waals surface area contributed by atoms with Crippen LogP contribution in [0.15, 0.2) is 12.3 Å². The highest BCUT2D eigenvalue weighted by Crippen LogP contribution is 2.37. The minimum Gasteiger partial charge on any atom is -0.474 e. The summed E-state index contributed by atoms with van der Waals surface area (Å²) in [5, 5.41) is 0. The molecule has 0 bridgehead atoms. The van der Waals surface area contributed by atoms with Crippen molar-refractivity contribution in [2.75, 3.05) is 11.4 Å². The van der Waals surface area contributed by atoms with Gasteiger partial charge in [-0.05, 0) is 32.4 Å². The molecule has 0 radical (unpaired) electrons. The summed E-state index contributed by atoms with van der Waals surface area (Å²) < 4.78 is 43.2. The number of amides is 1. The fourth-order valence-corrected chi connectivity index (χ4v) is 1.88. The minimum absolute atomic E-state index is 0.0905. The lowest BCUT2D eigenvalue weighted by Gasteiger charge is -2.38. The Bertz CT molecular complexity index is 526. The second-order valence-electron chi connectivity index (χ2n) is 4.95. The van der Waals surface area contributed by atoms with Gasteiger partial charge in [-0.1, -0.05) is 0 Å². The zero-order chi connectivity index (χ0) is 14.4. The molecule has 1 aliphatic rings. The van der Waals surface area contributed by atoms with Crippen LogP contribution < -0.4 is 9.64 Å².